The quantitative estimate of drug-likeness (QED) is 0.440. The number of hydrogen-bond donors (Lipinski definition) is 2. The minimum absolute atomic E-state index is 0.182. The predicted molar refractivity (Wildman–Crippen MR) is 80.8 cm³/mol. The summed E-state index contributed by atoms with van der Waals surface area (Å²) >= 11 is 0. The number of alkyl halides is 2. The van der Waals surface area contributed by atoms with Crippen molar-refractivity contribution in [1.29, 1.82) is 0 Å². The SMILES string of the molecule is CCCCCNC(=NC)NCc1ccccc1OC(F)F. The zero-order valence-corrected chi connectivity index (χ0v) is 12.5. The highest BCUT2D eigenvalue weighted by Crippen LogP contribution is 2.19. The number of rotatable bonds is 8. The fraction of sp³-hybridized carbons (Fsp3) is 0.533. The molecule has 2 N–H and O–H groups in total. The summed E-state index contributed by atoms with van der Waals surface area (Å²) < 4.78 is 29.1. The molecule has 0 aliphatic heterocycles. The van der Waals surface area contributed by atoms with Gasteiger partial charge >= 0.3 is 6.61 Å². The lowest BCUT2D eigenvalue weighted by Crippen LogP contribution is -2.37. The second kappa shape index (κ2) is 9.96. The van der Waals surface area contributed by atoms with Gasteiger partial charge in [-0.05, 0) is 12.5 Å². The maximum atomic E-state index is 12.3. The van der Waals surface area contributed by atoms with Crippen molar-refractivity contribution < 1.29 is 13.5 Å². The van der Waals surface area contributed by atoms with E-state index >= 15 is 0 Å². The van der Waals surface area contributed by atoms with Crippen LogP contribution in [0.1, 0.15) is 31.7 Å². The monoisotopic (exact) mass is 299 g/mol. The van der Waals surface area contributed by atoms with Crippen molar-refractivity contribution >= 4 is 5.96 Å². The molecular formula is C15H23F2N3O. The van der Waals surface area contributed by atoms with Crippen molar-refractivity contribution in [2.45, 2.75) is 39.3 Å². The van der Waals surface area contributed by atoms with E-state index in [-0.39, 0.29) is 5.75 Å². The zero-order valence-electron chi connectivity index (χ0n) is 12.5. The third-order valence-corrected chi connectivity index (χ3v) is 2.93. The van der Waals surface area contributed by atoms with Crippen LogP contribution >= 0.6 is 0 Å². The number of hydrogen-bond acceptors (Lipinski definition) is 2. The van der Waals surface area contributed by atoms with Gasteiger partial charge in [-0.1, -0.05) is 38.0 Å². The maximum absolute atomic E-state index is 12.3. The van der Waals surface area contributed by atoms with Crippen molar-refractivity contribution in [3.05, 3.63) is 29.8 Å². The van der Waals surface area contributed by atoms with Crippen molar-refractivity contribution in [2.75, 3.05) is 13.6 Å². The van der Waals surface area contributed by atoms with Crippen LogP contribution in [0.2, 0.25) is 0 Å². The second-order valence-corrected chi connectivity index (χ2v) is 4.55. The summed E-state index contributed by atoms with van der Waals surface area (Å²) in [4.78, 5) is 4.10. The Morgan fingerprint density at radius 1 is 1.24 bits per heavy atom. The summed E-state index contributed by atoms with van der Waals surface area (Å²) in [5, 5.41) is 6.27. The Balaban J connectivity index is 2.49. The van der Waals surface area contributed by atoms with Gasteiger partial charge in [0.1, 0.15) is 5.75 Å². The van der Waals surface area contributed by atoms with E-state index in [1.54, 1.807) is 25.2 Å². The van der Waals surface area contributed by atoms with Gasteiger partial charge in [-0.2, -0.15) is 8.78 Å². The largest absolute Gasteiger partial charge is 0.434 e. The van der Waals surface area contributed by atoms with E-state index in [2.05, 4.69) is 27.3 Å². The van der Waals surface area contributed by atoms with Crippen LogP contribution in [0.25, 0.3) is 0 Å². The van der Waals surface area contributed by atoms with Gasteiger partial charge in [0, 0.05) is 25.7 Å². The molecule has 1 aromatic rings. The Morgan fingerprint density at radius 3 is 2.67 bits per heavy atom. The van der Waals surface area contributed by atoms with Gasteiger partial charge in [0.05, 0.1) is 0 Å². The third-order valence-electron chi connectivity index (χ3n) is 2.93. The van der Waals surface area contributed by atoms with Crippen LogP contribution in [0.15, 0.2) is 29.3 Å². The summed E-state index contributed by atoms with van der Waals surface area (Å²) in [5.41, 5.74) is 0.661. The van der Waals surface area contributed by atoms with E-state index in [0.29, 0.717) is 18.1 Å². The highest BCUT2D eigenvalue weighted by Gasteiger charge is 2.09. The van der Waals surface area contributed by atoms with Gasteiger partial charge in [-0.3, -0.25) is 4.99 Å². The molecule has 0 radical (unpaired) electrons. The van der Waals surface area contributed by atoms with Gasteiger partial charge in [0.15, 0.2) is 5.96 Å². The Labute approximate surface area is 124 Å². The smallest absolute Gasteiger partial charge is 0.387 e. The average molecular weight is 299 g/mol. The first kappa shape index (κ1) is 17.2. The molecule has 0 heterocycles. The number of aliphatic imine (C=N–C) groups is 1. The van der Waals surface area contributed by atoms with Gasteiger partial charge in [0.2, 0.25) is 0 Å². The van der Waals surface area contributed by atoms with E-state index < -0.39 is 6.61 Å². The number of unbranched alkanes of at least 4 members (excludes halogenated alkanes) is 2. The molecule has 0 unspecified atom stereocenters. The molecule has 0 fully saturated rings. The molecule has 0 saturated heterocycles. The molecule has 0 aromatic heterocycles. The van der Waals surface area contributed by atoms with E-state index in [4.69, 9.17) is 0 Å². The summed E-state index contributed by atoms with van der Waals surface area (Å²) in [6.07, 6.45) is 3.39. The van der Waals surface area contributed by atoms with Crippen LogP contribution in [0.4, 0.5) is 8.78 Å². The Bertz CT molecular complexity index is 439. The van der Waals surface area contributed by atoms with E-state index in [1.165, 1.54) is 6.07 Å². The molecule has 0 bridgehead atoms. The van der Waals surface area contributed by atoms with E-state index in [1.807, 2.05) is 0 Å². The lowest BCUT2D eigenvalue weighted by atomic mass is 10.2. The van der Waals surface area contributed by atoms with Crippen LogP contribution < -0.4 is 15.4 Å². The number of halogens is 2. The predicted octanol–water partition coefficient (Wildman–Crippen LogP) is 3.14. The molecule has 4 nitrogen and oxygen atoms in total. The summed E-state index contributed by atoms with van der Waals surface area (Å²) in [5.74, 6) is 0.833. The normalized spacial score (nSPS) is 11.6. The van der Waals surface area contributed by atoms with Crippen LogP contribution in [0.5, 0.6) is 5.75 Å². The molecule has 6 heteroatoms. The Kier molecular flexibility index (Phi) is 8.16. The number of para-hydroxylation sites is 1. The standard InChI is InChI=1S/C15H23F2N3O/c1-3-4-7-10-19-15(18-2)20-11-12-8-5-6-9-13(12)21-14(16)17/h5-6,8-9,14H,3-4,7,10-11H2,1-2H3,(H2,18,19,20). The number of nitrogens with one attached hydrogen (secondary N) is 2. The molecule has 0 aliphatic carbocycles. The van der Waals surface area contributed by atoms with Crippen molar-refractivity contribution in [3.63, 3.8) is 0 Å². The average Bonchev–Trinajstić information content (AvgIpc) is 2.47. The molecule has 0 atom stereocenters. The van der Waals surface area contributed by atoms with Crippen molar-refractivity contribution in [3.8, 4) is 5.75 Å². The molecule has 21 heavy (non-hydrogen) atoms. The van der Waals surface area contributed by atoms with Gasteiger partial charge in [-0.25, -0.2) is 0 Å². The molecule has 118 valence electrons. The van der Waals surface area contributed by atoms with Gasteiger partial charge in [-0.15, -0.1) is 0 Å². The number of benzene rings is 1. The summed E-state index contributed by atoms with van der Waals surface area (Å²) in [6.45, 7) is 0.532. The van der Waals surface area contributed by atoms with Crippen molar-refractivity contribution in [2.24, 2.45) is 4.99 Å². The fourth-order valence-electron chi connectivity index (χ4n) is 1.84. The highest BCUT2D eigenvalue weighted by atomic mass is 19.3. The molecule has 1 aromatic carbocycles. The minimum Gasteiger partial charge on any atom is -0.434 e. The molecule has 0 amide bonds. The zero-order chi connectivity index (χ0) is 15.5. The van der Waals surface area contributed by atoms with Crippen LogP contribution in [-0.4, -0.2) is 26.2 Å². The van der Waals surface area contributed by atoms with Crippen LogP contribution in [-0.2, 0) is 6.54 Å². The lowest BCUT2D eigenvalue weighted by Gasteiger charge is -2.14. The van der Waals surface area contributed by atoms with Crippen LogP contribution in [0.3, 0.4) is 0 Å². The van der Waals surface area contributed by atoms with Crippen LogP contribution in [0, 0.1) is 0 Å². The summed E-state index contributed by atoms with van der Waals surface area (Å²) in [7, 11) is 1.68. The second-order valence-electron chi connectivity index (χ2n) is 4.55. The summed E-state index contributed by atoms with van der Waals surface area (Å²) in [6, 6.07) is 6.72. The first-order chi connectivity index (χ1) is 10.2. The lowest BCUT2D eigenvalue weighted by molar-refractivity contribution is -0.0504. The Hall–Kier alpha value is -1.85. The first-order valence-corrected chi connectivity index (χ1v) is 7.14. The van der Waals surface area contributed by atoms with Gasteiger partial charge in [0.25, 0.3) is 0 Å². The van der Waals surface area contributed by atoms with Crippen molar-refractivity contribution in [1.82, 2.24) is 10.6 Å². The fourth-order valence-corrected chi connectivity index (χ4v) is 1.84. The first-order valence-electron chi connectivity index (χ1n) is 7.14. The molecule has 1 rings (SSSR count). The number of ether oxygens (including phenoxy) is 1. The van der Waals surface area contributed by atoms with E-state index in [0.717, 1.165) is 25.8 Å². The molecular weight excluding hydrogens is 276 g/mol. The molecule has 0 spiro atoms. The number of nitrogens with zero attached hydrogens (tertiary/aromatic N) is 1. The third kappa shape index (κ3) is 6.92. The van der Waals surface area contributed by atoms with E-state index in [9.17, 15) is 8.78 Å². The Morgan fingerprint density at radius 2 is 2.00 bits per heavy atom. The minimum atomic E-state index is -2.82. The highest BCUT2D eigenvalue weighted by molar-refractivity contribution is 5.79. The van der Waals surface area contributed by atoms with Gasteiger partial charge < -0.3 is 15.4 Å². The molecule has 0 aliphatic rings. The maximum Gasteiger partial charge on any atom is 0.387 e. The topological polar surface area (TPSA) is 45.7 Å². The molecule has 0 saturated carbocycles. The number of guanidine groups is 1.